The molecule has 0 aromatic rings. The Labute approximate surface area is 78.2 Å². The lowest BCUT2D eigenvalue weighted by Gasteiger charge is -2.19. The van der Waals surface area contributed by atoms with E-state index in [1.54, 1.807) is 0 Å². The molecule has 6 heteroatoms. The van der Waals surface area contributed by atoms with Crippen molar-refractivity contribution < 1.29 is 27.1 Å². The number of ether oxygens (including phenoxy) is 1. The summed E-state index contributed by atoms with van der Waals surface area (Å²) in [6.07, 6.45) is -5.73. The highest BCUT2D eigenvalue weighted by Gasteiger charge is 2.84. The van der Waals surface area contributed by atoms with Gasteiger partial charge >= 0.3 is 12.1 Å². The molecule has 0 radical (unpaired) electrons. The van der Waals surface area contributed by atoms with Gasteiger partial charge in [0.05, 0.1) is 6.61 Å². The molecule has 2 nitrogen and oxygen atoms in total. The summed E-state index contributed by atoms with van der Waals surface area (Å²) >= 11 is 0. The maximum Gasteiger partial charge on any atom is 0.408 e. The fourth-order valence-electron chi connectivity index (χ4n) is 1.50. The van der Waals surface area contributed by atoms with Gasteiger partial charge in [0.15, 0.2) is 5.41 Å². The normalized spacial score (nSPS) is 36.7. The zero-order valence-electron chi connectivity index (χ0n) is 7.74. The molecule has 0 aromatic heterocycles. The van der Waals surface area contributed by atoms with Crippen molar-refractivity contribution in [3.63, 3.8) is 0 Å². The van der Waals surface area contributed by atoms with Gasteiger partial charge in [0.2, 0.25) is 0 Å². The quantitative estimate of drug-likeness (QED) is 0.520. The number of rotatable bonds is 2. The van der Waals surface area contributed by atoms with Gasteiger partial charge in [-0.1, -0.05) is 0 Å². The molecule has 1 saturated carbocycles. The maximum atomic E-state index is 13.2. The van der Waals surface area contributed by atoms with Gasteiger partial charge in [0.1, 0.15) is 5.67 Å². The van der Waals surface area contributed by atoms with E-state index in [4.69, 9.17) is 0 Å². The number of hydrogen-bond acceptors (Lipinski definition) is 2. The van der Waals surface area contributed by atoms with Crippen LogP contribution in [0.1, 0.15) is 20.3 Å². The lowest BCUT2D eigenvalue weighted by Crippen LogP contribution is -2.39. The molecule has 0 aromatic carbocycles. The monoisotopic (exact) mass is 214 g/mol. The van der Waals surface area contributed by atoms with Crippen LogP contribution in [0.3, 0.4) is 0 Å². The first-order valence-electron chi connectivity index (χ1n) is 4.12. The molecule has 0 amide bonds. The Morgan fingerprint density at radius 3 is 2.14 bits per heavy atom. The van der Waals surface area contributed by atoms with E-state index in [-0.39, 0.29) is 6.61 Å². The predicted molar refractivity (Wildman–Crippen MR) is 39.3 cm³/mol. The van der Waals surface area contributed by atoms with E-state index in [1.165, 1.54) is 6.92 Å². The molecule has 0 heterocycles. The summed E-state index contributed by atoms with van der Waals surface area (Å²) in [4.78, 5) is 11.0. The second-order valence-electron chi connectivity index (χ2n) is 3.50. The van der Waals surface area contributed by atoms with E-state index < -0.39 is 29.7 Å². The van der Waals surface area contributed by atoms with Crippen molar-refractivity contribution in [2.75, 3.05) is 6.61 Å². The van der Waals surface area contributed by atoms with Gasteiger partial charge < -0.3 is 4.74 Å². The molecule has 0 spiro atoms. The van der Waals surface area contributed by atoms with Gasteiger partial charge in [-0.25, -0.2) is 4.39 Å². The first-order chi connectivity index (χ1) is 6.19. The van der Waals surface area contributed by atoms with E-state index >= 15 is 0 Å². The van der Waals surface area contributed by atoms with Crippen molar-refractivity contribution >= 4 is 5.97 Å². The molecule has 0 aliphatic heterocycles. The number of hydrogen-bond donors (Lipinski definition) is 0. The average molecular weight is 214 g/mol. The van der Waals surface area contributed by atoms with Crippen LogP contribution in [0.5, 0.6) is 0 Å². The van der Waals surface area contributed by atoms with Gasteiger partial charge in [-0.15, -0.1) is 0 Å². The molecule has 2 atom stereocenters. The minimum Gasteiger partial charge on any atom is -0.465 e. The van der Waals surface area contributed by atoms with Crippen LogP contribution in [-0.4, -0.2) is 24.4 Å². The molecule has 2 unspecified atom stereocenters. The Bertz CT molecular complexity index is 259. The number of alkyl halides is 4. The summed E-state index contributed by atoms with van der Waals surface area (Å²) < 4.78 is 54.7. The molecule has 0 bridgehead atoms. The third-order valence-electron chi connectivity index (χ3n) is 2.47. The first kappa shape index (κ1) is 11.3. The second kappa shape index (κ2) is 2.84. The van der Waals surface area contributed by atoms with E-state index in [0.717, 1.165) is 6.92 Å². The number of carbonyl (C=O) groups excluding carboxylic acids is 1. The van der Waals surface area contributed by atoms with Crippen molar-refractivity contribution in [1.29, 1.82) is 0 Å². The molecule has 0 N–H and O–H groups in total. The van der Waals surface area contributed by atoms with E-state index in [0.29, 0.717) is 0 Å². The van der Waals surface area contributed by atoms with Crippen LogP contribution in [-0.2, 0) is 9.53 Å². The smallest absolute Gasteiger partial charge is 0.408 e. The maximum absolute atomic E-state index is 13.2. The van der Waals surface area contributed by atoms with Gasteiger partial charge in [0, 0.05) is 6.42 Å². The summed E-state index contributed by atoms with van der Waals surface area (Å²) in [5, 5.41) is 0. The summed E-state index contributed by atoms with van der Waals surface area (Å²) in [5.74, 6) is -1.52. The fraction of sp³-hybridized carbons (Fsp3) is 0.875. The Morgan fingerprint density at radius 2 is 1.93 bits per heavy atom. The zero-order valence-corrected chi connectivity index (χ0v) is 7.74. The summed E-state index contributed by atoms with van der Waals surface area (Å²) in [6, 6.07) is 0. The minimum atomic E-state index is -4.89. The molecule has 1 rings (SSSR count). The van der Waals surface area contributed by atoms with Crippen molar-refractivity contribution in [2.45, 2.75) is 32.1 Å². The largest absolute Gasteiger partial charge is 0.465 e. The SMILES string of the molecule is CCOC(=O)C1(C(F)(F)F)CC1(C)F. The van der Waals surface area contributed by atoms with Gasteiger partial charge in [-0.3, -0.25) is 4.79 Å². The number of esters is 1. The Balaban J connectivity index is 2.94. The molecule has 1 fully saturated rings. The van der Waals surface area contributed by atoms with Crippen LogP contribution >= 0.6 is 0 Å². The molecule has 0 saturated heterocycles. The van der Waals surface area contributed by atoms with Crippen molar-refractivity contribution in [3.8, 4) is 0 Å². The average Bonchev–Trinajstić information content (AvgIpc) is 2.54. The number of carbonyl (C=O) groups is 1. The lowest BCUT2D eigenvalue weighted by molar-refractivity contribution is -0.215. The molecule has 1 aliphatic carbocycles. The molecular formula is C8H10F4O2. The standard InChI is InChI=1S/C8H10F4O2/c1-3-14-5(13)7(8(10,11)12)4-6(7,2)9/h3-4H2,1-2H3. The first-order valence-corrected chi connectivity index (χ1v) is 4.12. The van der Waals surface area contributed by atoms with E-state index in [1.807, 2.05) is 0 Å². The molecular weight excluding hydrogens is 204 g/mol. The fourth-order valence-corrected chi connectivity index (χ4v) is 1.50. The highest BCUT2D eigenvalue weighted by Crippen LogP contribution is 2.67. The Kier molecular flexibility index (Phi) is 2.28. The third kappa shape index (κ3) is 1.27. The van der Waals surface area contributed by atoms with Gasteiger partial charge in [-0.05, 0) is 13.8 Å². The second-order valence-corrected chi connectivity index (χ2v) is 3.50. The van der Waals surface area contributed by atoms with Crippen LogP contribution in [0.4, 0.5) is 17.6 Å². The molecule has 1 aliphatic rings. The summed E-state index contributed by atoms with van der Waals surface area (Å²) in [7, 11) is 0. The highest BCUT2D eigenvalue weighted by atomic mass is 19.4. The van der Waals surface area contributed by atoms with Crippen LogP contribution in [0.2, 0.25) is 0 Å². The van der Waals surface area contributed by atoms with E-state index in [2.05, 4.69) is 4.74 Å². The van der Waals surface area contributed by atoms with Crippen LogP contribution < -0.4 is 0 Å². The topological polar surface area (TPSA) is 26.3 Å². The van der Waals surface area contributed by atoms with E-state index in [9.17, 15) is 22.4 Å². The van der Waals surface area contributed by atoms with Crippen LogP contribution in [0.25, 0.3) is 0 Å². The van der Waals surface area contributed by atoms with Crippen molar-refractivity contribution in [2.24, 2.45) is 5.41 Å². The van der Waals surface area contributed by atoms with Gasteiger partial charge in [0.25, 0.3) is 0 Å². The van der Waals surface area contributed by atoms with Crippen molar-refractivity contribution in [3.05, 3.63) is 0 Å². The summed E-state index contributed by atoms with van der Waals surface area (Å²) in [6.45, 7) is 1.95. The molecule has 82 valence electrons. The third-order valence-corrected chi connectivity index (χ3v) is 2.47. The predicted octanol–water partition coefficient (Wildman–Crippen LogP) is 2.23. The van der Waals surface area contributed by atoms with Crippen LogP contribution in [0.15, 0.2) is 0 Å². The lowest BCUT2D eigenvalue weighted by atomic mass is 10.0. The van der Waals surface area contributed by atoms with Gasteiger partial charge in [-0.2, -0.15) is 13.2 Å². The Hall–Kier alpha value is -0.810. The summed E-state index contributed by atoms with van der Waals surface area (Å²) in [5.41, 5.74) is -5.46. The van der Waals surface area contributed by atoms with Crippen LogP contribution in [0, 0.1) is 5.41 Å². The molecule has 14 heavy (non-hydrogen) atoms. The Morgan fingerprint density at radius 1 is 1.50 bits per heavy atom. The minimum absolute atomic E-state index is 0.188. The van der Waals surface area contributed by atoms with Crippen molar-refractivity contribution in [1.82, 2.24) is 0 Å². The number of halogens is 4. The highest BCUT2D eigenvalue weighted by molar-refractivity contribution is 5.84. The zero-order chi connectivity index (χ0) is 11.2.